The van der Waals surface area contributed by atoms with Crippen molar-refractivity contribution in [2.24, 2.45) is 11.7 Å². The Balaban J connectivity index is 5.14. The summed E-state index contributed by atoms with van der Waals surface area (Å²) < 4.78 is 71.8. The molecule has 86 valence electrons. The largest absolute Gasteiger partial charge is 0.403 e. The Morgan fingerprint density at radius 3 is 1.43 bits per heavy atom. The molecule has 8 heteroatoms. The van der Waals surface area contributed by atoms with Crippen LogP contribution < -0.4 is 5.73 Å². The fourth-order valence-electron chi connectivity index (χ4n) is 1.01. The van der Waals surface area contributed by atoms with Gasteiger partial charge in [0, 0.05) is 6.54 Å². The quantitative estimate of drug-likeness (QED) is 0.698. The molecule has 1 unspecified atom stereocenters. The van der Waals surface area contributed by atoms with E-state index in [1.165, 1.54) is 0 Å². The number of alkyl halides is 6. The van der Waals surface area contributed by atoms with E-state index in [0.29, 0.717) is 6.92 Å². The molecule has 0 aliphatic carbocycles. The van der Waals surface area contributed by atoms with Gasteiger partial charge in [-0.05, 0) is 6.92 Å². The minimum atomic E-state index is -5.57. The lowest BCUT2D eigenvalue weighted by atomic mass is 9.88. The van der Waals surface area contributed by atoms with E-state index < -0.39 is 30.4 Å². The van der Waals surface area contributed by atoms with Gasteiger partial charge < -0.3 is 10.8 Å². The summed E-state index contributed by atoms with van der Waals surface area (Å²) in [5.41, 5.74) is 1.61. The number of hydrogen-bond acceptors (Lipinski definition) is 2. The van der Waals surface area contributed by atoms with Gasteiger partial charge in [0.2, 0.25) is 0 Å². The van der Waals surface area contributed by atoms with E-state index in [0.717, 1.165) is 0 Å². The van der Waals surface area contributed by atoms with E-state index in [-0.39, 0.29) is 0 Å². The summed E-state index contributed by atoms with van der Waals surface area (Å²) in [5.74, 6) is -3.83. The topological polar surface area (TPSA) is 46.2 Å². The number of rotatable bonds is 2. The lowest BCUT2D eigenvalue weighted by molar-refractivity contribution is -0.323. The first-order valence-corrected chi connectivity index (χ1v) is 3.49. The van der Waals surface area contributed by atoms with Crippen molar-refractivity contribution in [1.82, 2.24) is 0 Å². The van der Waals surface area contributed by atoms with Crippen LogP contribution in [0.15, 0.2) is 0 Å². The molecule has 0 aliphatic rings. The van der Waals surface area contributed by atoms with Gasteiger partial charge in [-0.2, -0.15) is 26.3 Å². The van der Waals surface area contributed by atoms with Crippen molar-refractivity contribution in [3.8, 4) is 0 Å². The molecule has 0 radical (unpaired) electrons. The lowest BCUT2D eigenvalue weighted by Crippen LogP contribution is -2.55. The van der Waals surface area contributed by atoms with Gasteiger partial charge in [0.15, 0.2) is 5.92 Å². The van der Waals surface area contributed by atoms with Crippen LogP contribution in [0, 0.1) is 5.92 Å². The van der Waals surface area contributed by atoms with Crippen molar-refractivity contribution in [2.75, 3.05) is 6.54 Å². The van der Waals surface area contributed by atoms with Crippen molar-refractivity contribution in [1.29, 1.82) is 0 Å². The monoisotopic (exact) mass is 225 g/mol. The Morgan fingerprint density at radius 1 is 1.07 bits per heavy atom. The van der Waals surface area contributed by atoms with Crippen molar-refractivity contribution >= 4 is 0 Å². The van der Waals surface area contributed by atoms with Crippen LogP contribution >= 0.6 is 0 Å². The zero-order valence-electron chi connectivity index (χ0n) is 7.08. The van der Waals surface area contributed by atoms with E-state index in [4.69, 9.17) is 5.11 Å². The maximum atomic E-state index is 12.0. The Labute approximate surface area is 75.7 Å². The van der Waals surface area contributed by atoms with Crippen molar-refractivity contribution in [3.05, 3.63) is 0 Å². The number of hydrogen-bond donors (Lipinski definition) is 2. The van der Waals surface area contributed by atoms with E-state index in [1.807, 2.05) is 0 Å². The van der Waals surface area contributed by atoms with Crippen LogP contribution in [0.5, 0.6) is 0 Å². The molecule has 0 saturated carbocycles. The molecule has 14 heavy (non-hydrogen) atoms. The van der Waals surface area contributed by atoms with Crippen LogP contribution in [0.25, 0.3) is 0 Å². The number of aliphatic hydroxyl groups is 1. The molecule has 0 fully saturated rings. The Bertz CT molecular complexity index is 181. The van der Waals surface area contributed by atoms with Gasteiger partial charge in [0.05, 0.1) is 5.60 Å². The van der Waals surface area contributed by atoms with Crippen LogP contribution in [0.2, 0.25) is 0 Å². The van der Waals surface area contributed by atoms with E-state index in [2.05, 4.69) is 5.73 Å². The Kier molecular flexibility index (Phi) is 3.45. The fourth-order valence-corrected chi connectivity index (χ4v) is 1.01. The van der Waals surface area contributed by atoms with Crippen molar-refractivity contribution in [3.63, 3.8) is 0 Å². The molecule has 0 bridgehead atoms. The molecule has 0 aromatic heterocycles. The molecule has 3 N–H and O–H groups in total. The maximum absolute atomic E-state index is 12.0. The molecule has 0 rings (SSSR count). The zero-order chi connectivity index (χ0) is 11.8. The summed E-state index contributed by atoms with van der Waals surface area (Å²) in [6.45, 7) is -0.727. The van der Waals surface area contributed by atoms with E-state index in [9.17, 15) is 26.3 Å². The minimum absolute atomic E-state index is 0.401. The smallest absolute Gasteiger partial charge is 0.388 e. The molecule has 0 aliphatic heterocycles. The normalized spacial score (nSPS) is 18.4. The molecule has 0 amide bonds. The third-order valence-corrected chi connectivity index (χ3v) is 1.69. The summed E-state index contributed by atoms with van der Waals surface area (Å²) in [6, 6.07) is 0. The average molecular weight is 225 g/mol. The first-order valence-electron chi connectivity index (χ1n) is 3.49. The Morgan fingerprint density at radius 2 is 1.36 bits per heavy atom. The lowest BCUT2D eigenvalue weighted by Gasteiger charge is -2.34. The van der Waals surface area contributed by atoms with Crippen LogP contribution in [-0.2, 0) is 0 Å². The number of nitrogens with two attached hydrogens (primary N) is 1. The predicted molar refractivity (Wildman–Crippen MR) is 35.3 cm³/mol. The summed E-state index contributed by atoms with van der Waals surface area (Å²) in [6.07, 6.45) is -11.1. The maximum Gasteiger partial charge on any atom is 0.403 e. The molecule has 0 aromatic carbocycles. The molecular formula is C6H9F6NO. The highest BCUT2D eigenvalue weighted by Crippen LogP contribution is 2.45. The summed E-state index contributed by atoms with van der Waals surface area (Å²) in [4.78, 5) is 0. The third-order valence-electron chi connectivity index (χ3n) is 1.69. The summed E-state index contributed by atoms with van der Waals surface area (Å²) in [7, 11) is 0. The van der Waals surface area contributed by atoms with Gasteiger partial charge >= 0.3 is 12.4 Å². The second kappa shape index (κ2) is 3.58. The van der Waals surface area contributed by atoms with Crippen LogP contribution in [0.4, 0.5) is 26.3 Å². The van der Waals surface area contributed by atoms with Crippen LogP contribution in [0.1, 0.15) is 6.92 Å². The van der Waals surface area contributed by atoms with Crippen LogP contribution in [-0.4, -0.2) is 29.6 Å². The number of halogens is 6. The summed E-state index contributed by atoms with van der Waals surface area (Å²) >= 11 is 0. The van der Waals surface area contributed by atoms with Crippen molar-refractivity contribution < 1.29 is 31.4 Å². The fraction of sp³-hybridized carbons (Fsp3) is 1.00. The molecule has 0 saturated heterocycles. The highest BCUT2D eigenvalue weighted by atomic mass is 19.4. The predicted octanol–water partition coefficient (Wildman–Crippen LogP) is 1.44. The van der Waals surface area contributed by atoms with Crippen molar-refractivity contribution in [2.45, 2.75) is 24.9 Å². The van der Waals surface area contributed by atoms with Crippen LogP contribution in [0.3, 0.4) is 0 Å². The zero-order valence-corrected chi connectivity index (χ0v) is 7.08. The third kappa shape index (κ3) is 3.02. The minimum Gasteiger partial charge on any atom is -0.388 e. The van der Waals surface area contributed by atoms with E-state index in [1.54, 1.807) is 0 Å². The first kappa shape index (κ1) is 13.5. The van der Waals surface area contributed by atoms with Gasteiger partial charge in [-0.1, -0.05) is 0 Å². The molecule has 2 nitrogen and oxygen atoms in total. The van der Waals surface area contributed by atoms with Gasteiger partial charge in [-0.3, -0.25) is 0 Å². The molecule has 1 atom stereocenters. The standard InChI is InChI=1S/C6H9F6NO/c1-4(14,2-13)3(5(7,8)9)6(10,11)12/h3,14H,2,13H2,1H3. The van der Waals surface area contributed by atoms with Gasteiger partial charge in [0.1, 0.15) is 0 Å². The van der Waals surface area contributed by atoms with Gasteiger partial charge in [-0.15, -0.1) is 0 Å². The average Bonchev–Trinajstić information content (AvgIpc) is 1.79. The van der Waals surface area contributed by atoms with Gasteiger partial charge in [0.25, 0.3) is 0 Å². The summed E-state index contributed by atoms with van der Waals surface area (Å²) in [5, 5.41) is 8.89. The Hall–Kier alpha value is -0.500. The van der Waals surface area contributed by atoms with Gasteiger partial charge in [-0.25, -0.2) is 0 Å². The molecule has 0 heterocycles. The highest BCUT2D eigenvalue weighted by Gasteiger charge is 2.64. The SMILES string of the molecule is CC(O)(CN)C(C(F)(F)F)C(F)(F)F. The second-order valence-electron chi connectivity index (χ2n) is 3.08. The first-order chi connectivity index (χ1) is 5.93. The van der Waals surface area contributed by atoms with E-state index >= 15 is 0 Å². The molecule has 0 spiro atoms. The molecule has 0 aromatic rings. The second-order valence-corrected chi connectivity index (χ2v) is 3.08. The molecular weight excluding hydrogens is 216 g/mol. The highest BCUT2D eigenvalue weighted by molar-refractivity contribution is 4.92.